The normalized spacial score (nSPS) is 10.7. The average molecular weight is 281 g/mol. The molecule has 0 bridgehead atoms. The van der Waals surface area contributed by atoms with Crippen molar-refractivity contribution in [3.63, 3.8) is 0 Å². The third-order valence-electron chi connectivity index (χ3n) is 3.43. The Morgan fingerprint density at radius 1 is 0.905 bits per heavy atom. The third kappa shape index (κ3) is 4.75. The quantitative estimate of drug-likeness (QED) is 0.875. The Morgan fingerprint density at radius 3 is 1.81 bits per heavy atom. The van der Waals surface area contributed by atoms with Crippen molar-refractivity contribution in [3.8, 4) is 11.1 Å². The highest BCUT2D eigenvalue weighted by Gasteiger charge is 2.01. The van der Waals surface area contributed by atoms with E-state index in [2.05, 4.69) is 67.7 Å². The Hall–Kier alpha value is -2.09. The first-order valence-corrected chi connectivity index (χ1v) is 7.47. The number of benzene rings is 2. The summed E-state index contributed by atoms with van der Waals surface area (Å²) in [4.78, 5) is 10.9. The summed E-state index contributed by atoms with van der Waals surface area (Å²) in [7, 11) is 0. The third-order valence-corrected chi connectivity index (χ3v) is 3.43. The molecule has 21 heavy (non-hydrogen) atoms. The van der Waals surface area contributed by atoms with E-state index in [1.54, 1.807) is 0 Å². The molecule has 0 radical (unpaired) electrons. The van der Waals surface area contributed by atoms with Gasteiger partial charge < -0.3 is 5.32 Å². The molecule has 2 aromatic rings. The molecular formula is C19H23NO. The highest BCUT2D eigenvalue weighted by molar-refractivity contribution is 5.72. The number of nitrogens with one attached hydrogen (secondary N) is 1. The second kappa shape index (κ2) is 7.07. The lowest BCUT2D eigenvalue weighted by atomic mass is 9.98. The van der Waals surface area contributed by atoms with Gasteiger partial charge in [0.25, 0.3) is 0 Å². The van der Waals surface area contributed by atoms with Crippen molar-refractivity contribution in [1.29, 1.82) is 0 Å². The molecule has 110 valence electrons. The number of rotatable bonds is 5. The van der Waals surface area contributed by atoms with Crippen molar-refractivity contribution >= 4 is 5.91 Å². The summed E-state index contributed by atoms with van der Waals surface area (Å²) < 4.78 is 0. The molecular weight excluding hydrogens is 258 g/mol. The molecule has 2 rings (SSSR count). The molecule has 0 aromatic heterocycles. The van der Waals surface area contributed by atoms with Gasteiger partial charge in [0.1, 0.15) is 0 Å². The molecule has 0 aliphatic heterocycles. The predicted octanol–water partition coefficient (Wildman–Crippen LogP) is 4.19. The van der Waals surface area contributed by atoms with Gasteiger partial charge >= 0.3 is 0 Å². The number of carbonyl (C=O) groups excluding carboxylic acids is 1. The van der Waals surface area contributed by atoms with E-state index in [1.807, 2.05) is 0 Å². The smallest absolute Gasteiger partial charge is 0.217 e. The van der Waals surface area contributed by atoms with Gasteiger partial charge in [-0.2, -0.15) is 0 Å². The maximum Gasteiger partial charge on any atom is 0.217 e. The number of hydrogen-bond acceptors (Lipinski definition) is 1. The summed E-state index contributed by atoms with van der Waals surface area (Å²) in [5, 5.41) is 2.81. The SMILES string of the molecule is CC(=O)NCc1ccc(-c2ccc(CC(C)C)cc2)cc1. The molecule has 0 spiro atoms. The van der Waals surface area contributed by atoms with E-state index >= 15 is 0 Å². The van der Waals surface area contributed by atoms with Gasteiger partial charge in [0, 0.05) is 13.5 Å². The summed E-state index contributed by atoms with van der Waals surface area (Å²) in [5.41, 5.74) is 4.94. The van der Waals surface area contributed by atoms with Crippen molar-refractivity contribution in [2.45, 2.75) is 33.7 Å². The molecule has 0 aliphatic carbocycles. The molecule has 1 amide bonds. The van der Waals surface area contributed by atoms with E-state index in [0.717, 1.165) is 12.0 Å². The van der Waals surface area contributed by atoms with E-state index in [0.29, 0.717) is 12.5 Å². The lowest BCUT2D eigenvalue weighted by Gasteiger charge is -2.08. The van der Waals surface area contributed by atoms with Gasteiger partial charge in [0.15, 0.2) is 0 Å². The van der Waals surface area contributed by atoms with Gasteiger partial charge in [0.2, 0.25) is 5.91 Å². The van der Waals surface area contributed by atoms with E-state index in [4.69, 9.17) is 0 Å². The van der Waals surface area contributed by atoms with Crippen molar-refractivity contribution in [2.75, 3.05) is 0 Å². The molecule has 2 aromatic carbocycles. The van der Waals surface area contributed by atoms with Crippen molar-refractivity contribution in [3.05, 3.63) is 59.7 Å². The molecule has 0 saturated carbocycles. The van der Waals surface area contributed by atoms with Gasteiger partial charge in [0.05, 0.1) is 0 Å². The van der Waals surface area contributed by atoms with E-state index < -0.39 is 0 Å². The first-order chi connectivity index (χ1) is 10.0. The molecule has 0 atom stereocenters. The van der Waals surface area contributed by atoms with Crippen LogP contribution >= 0.6 is 0 Å². The second-order valence-corrected chi connectivity index (χ2v) is 5.90. The monoisotopic (exact) mass is 281 g/mol. The van der Waals surface area contributed by atoms with Crippen LogP contribution in [0, 0.1) is 5.92 Å². The Bertz CT molecular complexity index is 582. The first-order valence-electron chi connectivity index (χ1n) is 7.47. The van der Waals surface area contributed by atoms with Gasteiger partial charge in [-0.1, -0.05) is 62.4 Å². The zero-order chi connectivity index (χ0) is 15.2. The first kappa shape index (κ1) is 15.3. The van der Waals surface area contributed by atoms with Crippen molar-refractivity contribution < 1.29 is 4.79 Å². The second-order valence-electron chi connectivity index (χ2n) is 5.90. The molecule has 0 heterocycles. The van der Waals surface area contributed by atoms with Gasteiger partial charge in [-0.3, -0.25) is 4.79 Å². The van der Waals surface area contributed by atoms with Crippen LogP contribution in [-0.4, -0.2) is 5.91 Å². The van der Waals surface area contributed by atoms with E-state index in [9.17, 15) is 4.79 Å². The average Bonchev–Trinajstić information content (AvgIpc) is 2.46. The molecule has 2 heteroatoms. The standard InChI is InChI=1S/C19H23NO/c1-14(2)12-16-4-8-18(9-5-16)19-10-6-17(7-11-19)13-20-15(3)21/h4-11,14H,12-13H2,1-3H3,(H,20,21). The predicted molar refractivity (Wildman–Crippen MR) is 87.9 cm³/mol. The van der Waals surface area contributed by atoms with E-state index in [-0.39, 0.29) is 5.91 Å². The Kier molecular flexibility index (Phi) is 5.15. The molecule has 2 nitrogen and oxygen atoms in total. The summed E-state index contributed by atoms with van der Waals surface area (Å²) in [6.45, 7) is 6.60. The topological polar surface area (TPSA) is 29.1 Å². The van der Waals surface area contributed by atoms with Crippen LogP contribution in [-0.2, 0) is 17.8 Å². The van der Waals surface area contributed by atoms with Crippen LogP contribution in [0.1, 0.15) is 31.9 Å². The van der Waals surface area contributed by atoms with E-state index in [1.165, 1.54) is 23.6 Å². The fraction of sp³-hybridized carbons (Fsp3) is 0.316. The lowest BCUT2D eigenvalue weighted by Crippen LogP contribution is -2.18. The lowest BCUT2D eigenvalue weighted by molar-refractivity contribution is -0.119. The van der Waals surface area contributed by atoms with Gasteiger partial charge in [-0.15, -0.1) is 0 Å². The van der Waals surface area contributed by atoms with Crippen LogP contribution in [0.3, 0.4) is 0 Å². The van der Waals surface area contributed by atoms with Gasteiger partial charge in [-0.05, 0) is 34.6 Å². The maximum absolute atomic E-state index is 10.9. The Balaban J connectivity index is 2.06. The summed E-state index contributed by atoms with van der Waals surface area (Å²) in [6, 6.07) is 17.1. The molecule has 0 unspecified atom stereocenters. The van der Waals surface area contributed by atoms with Crippen LogP contribution in [0.15, 0.2) is 48.5 Å². The zero-order valence-electron chi connectivity index (χ0n) is 13.0. The fourth-order valence-electron chi connectivity index (χ4n) is 2.35. The van der Waals surface area contributed by atoms with Crippen LogP contribution < -0.4 is 5.32 Å². The zero-order valence-corrected chi connectivity index (χ0v) is 13.0. The van der Waals surface area contributed by atoms with Crippen molar-refractivity contribution in [1.82, 2.24) is 5.32 Å². The van der Waals surface area contributed by atoms with Crippen LogP contribution in [0.4, 0.5) is 0 Å². The van der Waals surface area contributed by atoms with Crippen LogP contribution in [0.25, 0.3) is 11.1 Å². The van der Waals surface area contributed by atoms with Gasteiger partial charge in [-0.25, -0.2) is 0 Å². The van der Waals surface area contributed by atoms with Crippen LogP contribution in [0.2, 0.25) is 0 Å². The highest BCUT2D eigenvalue weighted by Crippen LogP contribution is 2.21. The fourth-order valence-corrected chi connectivity index (χ4v) is 2.35. The number of amides is 1. The van der Waals surface area contributed by atoms with Crippen LogP contribution in [0.5, 0.6) is 0 Å². The maximum atomic E-state index is 10.9. The minimum absolute atomic E-state index is 0.000169. The summed E-state index contributed by atoms with van der Waals surface area (Å²) in [6.07, 6.45) is 1.12. The molecule has 0 aliphatic rings. The molecule has 1 N–H and O–H groups in total. The number of hydrogen-bond donors (Lipinski definition) is 1. The molecule has 0 fully saturated rings. The highest BCUT2D eigenvalue weighted by atomic mass is 16.1. The minimum Gasteiger partial charge on any atom is -0.352 e. The molecule has 0 saturated heterocycles. The van der Waals surface area contributed by atoms with Crippen molar-refractivity contribution in [2.24, 2.45) is 5.92 Å². The summed E-state index contributed by atoms with van der Waals surface area (Å²) >= 11 is 0. The summed E-state index contributed by atoms with van der Waals surface area (Å²) in [5.74, 6) is 0.684. The Morgan fingerprint density at radius 2 is 1.38 bits per heavy atom. The largest absolute Gasteiger partial charge is 0.352 e. The minimum atomic E-state index is -0.000169. The Labute approximate surface area is 127 Å². The number of carbonyl (C=O) groups is 1.